The molecule has 25 heavy (non-hydrogen) atoms. The van der Waals surface area contributed by atoms with E-state index in [-0.39, 0.29) is 0 Å². The monoisotopic (exact) mass is 339 g/mol. The molecule has 0 aromatic carbocycles. The lowest BCUT2D eigenvalue weighted by molar-refractivity contribution is 0.325. The van der Waals surface area contributed by atoms with E-state index in [4.69, 9.17) is 9.51 Å². The molecule has 1 saturated heterocycles. The van der Waals surface area contributed by atoms with Gasteiger partial charge in [-0.15, -0.1) is 15.3 Å². The van der Waals surface area contributed by atoms with Gasteiger partial charge in [-0.1, -0.05) is 18.0 Å². The van der Waals surface area contributed by atoms with Crippen molar-refractivity contribution in [1.82, 2.24) is 30.0 Å². The molecule has 1 aliphatic carbocycles. The molecule has 3 aromatic heterocycles. The Kier molecular flexibility index (Phi) is 3.61. The van der Waals surface area contributed by atoms with Crippen LogP contribution in [0.4, 0.5) is 5.82 Å². The van der Waals surface area contributed by atoms with Gasteiger partial charge in [0.15, 0.2) is 11.5 Å². The summed E-state index contributed by atoms with van der Waals surface area (Å²) in [6, 6.07) is 3.96. The molecule has 0 spiro atoms. The molecule has 8 heteroatoms. The summed E-state index contributed by atoms with van der Waals surface area (Å²) in [5, 5.41) is 16.7. The molecule has 130 valence electrons. The number of aromatic nitrogens is 6. The minimum atomic E-state index is 0.359. The average Bonchev–Trinajstić information content (AvgIpc) is 3.41. The molecule has 8 nitrogen and oxygen atoms in total. The predicted octanol–water partition coefficient (Wildman–Crippen LogP) is 2.55. The molecule has 0 bridgehead atoms. The summed E-state index contributed by atoms with van der Waals surface area (Å²) in [6.45, 7) is 1.87. The van der Waals surface area contributed by atoms with Crippen LogP contribution in [-0.4, -0.2) is 43.0 Å². The Morgan fingerprint density at radius 1 is 1.00 bits per heavy atom. The zero-order valence-corrected chi connectivity index (χ0v) is 14.1. The van der Waals surface area contributed by atoms with Gasteiger partial charge < -0.3 is 9.42 Å². The third-order valence-electron chi connectivity index (χ3n) is 5.49. The predicted molar refractivity (Wildman–Crippen MR) is 90.5 cm³/mol. The molecule has 0 atom stereocenters. The largest absolute Gasteiger partial charge is 0.355 e. The van der Waals surface area contributed by atoms with E-state index in [2.05, 4.69) is 25.4 Å². The van der Waals surface area contributed by atoms with Crippen LogP contribution in [0.5, 0.6) is 0 Å². The highest BCUT2D eigenvalue weighted by atomic mass is 16.5. The highest BCUT2D eigenvalue weighted by Crippen LogP contribution is 2.34. The number of rotatable bonds is 3. The van der Waals surface area contributed by atoms with Gasteiger partial charge >= 0.3 is 0 Å². The van der Waals surface area contributed by atoms with E-state index in [9.17, 15) is 0 Å². The summed E-state index contributed by atoms with van der Waals surface area (Å²) in [4.78, 5) is 7.01. The molecular weight excluding hydrogens is 318 g/mol. The standard InChI is InChI=1S/C17H21N7O/c1-2-4-12(3-1)16-19-17(25-22-16)13-7-9-23(10-8-13)15-6-5-14-20-18-11-24(14)21-15/h5-6,11-13H,1-4,7-10H2. The van der Waals surface area contributed by atoms with Crippen LogP contribution < -0.4 is 4.90 Å². The Bertz CT molecular complexity index is 859. The Morgan fingerprint density at radius 2 is 1.84 bits per heavy atom. The first kappa shape index (κ1) is 14.8. The van der Waals surface area contributed by atoms with E-state index in [1.807, 2.05) is 12.1 Å². The molecule has 2 fully saturated rings. The van der Waals surface area contributed by atoms with Crippen LogP contribution in [0.25, 0.3) is 5.65 Å². The van der Waals surface area contributed by atoms with Crippen molar-refractivity contribution in [2.75, 3.05) is 18.0 Å². The second-order valence-electron chi connectivity index (χ2n) is 7.06. The first-order valence-electron chi connectivity index (χ1n) is 9.12. The number of hydrogen-bond acceptors (Lipinski definition) is 7. The van der Waals surface area contributed by atoms with E-state index in [0.29, 0.717) is 11.8 Å². The van der Waals surface area contributed by atoms with Crippen molar-refractivity contribution in [3.8, 4) is 0 Å². The van der Waals surface area contributed by atoms with Gasteiger partial charge in [0.2, 0.25) is 5.89 Å². The summed E-state index contributed by atoms with van der Waals surface area (Å²) in [6.07, 6.45) is 8.63. The van der Waals surface area contributed by atoms with E-state index < -0.39 is 0 Å². The number of hydrogen-bond donors (Lipinski definition) is 0. The van der Waals surface area contributed by atoms with Gasteiger partial charge in [-0.2, -0.15) is 9.50 Å². The molecular formula is C17H21N7O. The van der Waals surface area contributed by atoms with Crippen LogP contribution in [0.15, 0.2) is 23.0 Å². The lowest BCUT2D eigenvalue weighted by Gasteiger charge is -2.31. The molecule has 0 amide bonds. The molecule has 1 saturated carbocycles. The smallest absolute Gasteiger partial charge is 0.229 e. The van der Waals surface area contributed by atoms with Gasteiger partial charge in [-0.3, -0.25) is 0 Å². The lowest BCUT2D eigenvalue weighted by atomic mass is 9.96. The number of anilines is 1. The molecule has 3 aromatic rings. The topological polar surface area (TPSA) is 85.2 Å². The van der Waals surface area contributed by atoms with Crippen molar-refractivity contribution in [3.63, 3.8) is 0 Å². The van der Waals surface area contributed by atoms with Crippen molar-refractivity contribution >= 4 is 11.5 Å². The number of fused-ring (bicyclic) bond motifs is 1. The van der Waals surface area contributed by atoms with Crippen LogP contribution in [0.2, 0.25) is 0 Å². The van der Waals surface area contributed by atoms with Gasteiger partial charge in [0, 0.05) is 24.9 Å². The zero-order valence-electron chi connectivity index (χ0n) is 14.1. The first-order chi connectivity index (χ1) is 12.4. The van der Waals surface area contributed by atoms with E-state index in [0.717, 1.165) is 49.1 Å². The third-order valence-corrected chi connectivity index (χ3v) is 5.49. The summed E-state index contributed by atoms with van der Waals surface area (Å²) >= 11 is 0. The molecule has 0 unspecified atom stereocenters. The van der Waals surface area contributed by atoms with Crippen LogP contribution in [-0.2, 0) is 0 Å². The molecule has 2 aliphatic rings. The van der Waals surface area contributed by atoms with Crippen molar-refractivity contribution < 1.29 is 4.52 Å². The average molecular weight is 339 g/mol. The first-order valence-corrected chi connectivity index (χ1v) is 9.12. The van der Waals surface area contributed by atoms with Crippen molar-refractivity contribution in [2.45, 2.75) is 50.4 Å². The Hall–Kier alpha value is -2.51. The van der Waals surface area contributed by atoms with Gasteiger partial charge in [-0.25, -0.2) is 0 Å². The van der Waals surface area contributed by atoms with Gasteiger partial charge in [-0.05, 0) is 37.8 Å². The summed E-state index contributed by atoms with van der Waals surface area (Å²) in [7, 11) is 0. The Labute approximate surface area is 145 Å². The summed E-state index contributed by atoms with van der Waals surface area (Å²) in [5.74, 6) is 3.58. The highest BCUT2D eigenvalue weighted by Gasteiger charge is 2.28. The third kappa shape index (κ3) is 2.75. The highest BCUT2D eigenvalue weighted by molar-refractivity contribution is 5.45. The number of piperidine rings is 1. The summed E-state index contributed by atoms with van der Waals surface area (Å²) < 4.78 is 7.30. The van der Waals surface area contributed by atoms with Crippen LogP contribution >= 0.6 is 0 Å². The number of nitrogens with zero attached hydrogens (tertiary/aromatic N) is 7. The second kappa shape index (κ2) is 6.09. The fourth-order valence-corrected chi connectivity index (χ4v) is 4.01. The molecule has 0 radical (unpaired) electrons. The molecule has 0 N–H and O–H groups in total. The lowest BCUT2D eigenvalue weighted by Crippen LogP contribution is -2.33. The van der Waals surface area contributed by atoms with Crippen LogP contribution in [0.1, 0.15) is 62.1 Å². The van der Waals surface area contributed by atoms with E-state index in [1.165, 1.54) is 25.7 Å². The fraction of sp³-hybridized carbons (Fsp3) is 0.588. The maximum atomic E-state index is 5.59. The Morgan fingerprint density at radius 3 is 2.68 bits per heavy atom. The van der Waals surface area contributed by atoms with Gasteiger partial charge in [0.1, 0.15) is 12.1 Å². The van der Waals surface area contributed by atoms with Gasteiger partial charge in [0.05, 0.1) is 0 Å². The normalized spacial score (nSPS) is 19.9. The maximum absolute atomic E-state index is 5.59. The van der Waals surface area contributed by atoms with Crippen molar-refractivity contribution in [1.29, 1.82) is 0 Å². The van der Waals surface area contributed by atoms with Crippen LogP contribution in [0, 0.1) is 0 Å². The van der Waals surface area contributed by atoms with Crippen molar-refractivity contribution in [3.05, 3.63) is 30.2 Å². The van der Waals surface area contributed by atoms with E-state index in [1.54, 1.807) is 10.8 Å². The Balaban J connectivity index is 1.26. The molecule has 4 heterocycles. The second-order valence-corrected chi connectivity index (χ2v) is 7.06. The molecule has 5 rings (SSSR count). The van der Waals surface area contributed by atoms with E-state index >= 15 is 0 Å². The minimum Gasteiger partial charge on any atom is -0.355 e. The summed E-state index contributed by atoms with van der Waals surface area (Å²) in [5.41, 5.74) is 0.768. The zero-order chi connectivity index (χ0) is 16.6. The molecule has 1 aliphatic heterocycles. The quantitative estimate of drug-likeness (QED) is 0.725. The van der Waals surface area contributed by atoms with Crippen molar-refractivity contribution in [2.24, 2.45) is 0 Å². The fourth-order valence-electron chi connectivity index (χ4n) is 4.01. The maximum Gasteiger partial charge on any atom is 0.229 e. The van der Waals surface area contributed by atoms with Crippen LogP contribution in [0.3, 0.4) is 0 Å². The van der Waals surface area contributed by atoms with Gasteiger partial charge in [0.25, 0.3) is 0 Å². The minimum absolute atomic E-state index is 0.359. The SMILES string of the molecule is c1cc2nncn2nc1N1CCC(c2nc(C3CCCC3)no2)CC1.